The first-order valence-electron chi connectivity index (χ1n) is 8.50. The van der Waals surface area contributed by atoms with Gasteiger partial charge >= 0.3 is 0 Å². The third-order valence-electron chi connectivity index (χ3n) is 4.45. The number of hydrogen-bond donors (Lipinski definition) is 1. The lowest BCUT2D eigenvalue weighted by Gasteiger charge is -2.16. The zero-order valence-corrected chi connectivity index (χ0v) is 16.3. The van der Waals surface area contributed by atoms with Crippen molar-refractivity contribution in [1.29, 1.82) is 0 Å². The lowest BCUT2D eigenvalue weighted by Crippen LogP contribution is -2.28. The van der Waals surface area contributed by atoms with Crippen LogP contribution in [0.25, 0.3) is 10.1 Å². The Balaban J connectivity index is 1.72. The lowest BCUT2D eigenvalue weighted by atomic mass is 10.1. The third kappa shape index (κ3) is 3.83. The van der Waals surface area contributed by atoms with Crippen molar-refractivity contribution in [1.82, 2.24) is 5.32 Å². The standard InChI is InChI=1S/C21H23NO3S/c1-13-5-8-20-17(9-13)16(12-26-20)11-21(23)22-14(2)15-6-7-18(24-3)19(10-15)25-4/h5-10,12,14H,11H2,1-4H3,(H,22,23). The molecule has 1 aromatic heterocycles. The summed E-state index contributed by atoms with van der Waals surface area (Å²) in [4.78, 5) is 12.5. The van der Waals surface area contributed by atoms with E-state index in [9.17, 15) is 4.79 Å². The second-order valence-electron chi connectivity index (χ2n) is 6.34. The van der Waals surface area contributed by atoms with Crippen molar-refractivity contribution in [3.8, 4) is 11.5 Å². The maximum absolute atomic E-state index is 12.5. The number of aryl methyl sites for hydroxylation is 1. The molecular weight excluding hydrogens is 346 g/mol. The molecule has 0 aliphatic carbocycles. The van der Waals surface area contributed by atoms with E-state index >= 15 is 0 Å². The van der Waals surface area contributed by atoms with Crippen LogP contribution in [-0.4, -0.2) is 20.1 Å². The molecule has 0 spiro atoms. The van der Waals surface area contributed by atoms with E-state index in [2.05, 4.69) is 35.8 Å². The Kier molecular flexibility index (Phi) is 5.47. The molecule has 0 aliphatic rings. The second-order valence-corrected chi connectivity index (χ2v) is 7.25. The van der Waals surface area contributed by atoms with Gasteiger partial charge in [0.05, 0.1) is 26.7 Å². The first-order chi connectivity index (χ1) is 12.5. The van der Waals surface area contributed by atoms with Gasteiger partial charge in [0.25, 0.3) is 0 Å². The highest BCUT2D eigenvalue weighted by atomic mass is 32.1. The van der Waals surface area contributed by atoms with Gasteiger partial charge in [-0.3, -0.25) is 4.79 Å². The maximum atomic E-state index is 12.5. The first kappa shape index (κ1) is 18.3. The molecule has 0 aliphatic heterocycles. The summed E-state index contributed by atoms with van der Waals surface area (Å²) in [6, 6.07) is 11.9. The third-order valence-corrected chi connectivity index (χ3v) is 5.46. The Labute approximate surface area is 157 Å². The van der Waals surface area contributed by atoms with Gasteiger partial charge in [-0.1, -0.05) is 23.8 Å². The second kappa shape index (κ2) is 7.79. The molecule has 136 valence electrons. The maximum Gasteiger partial charge on any atom is 0.224 e. The number of methoxy groups -OCH3 is 2. The number of fused-ring (bicyclic) bond motifs is 1. The minimum Gasteiger partial charge on any atom is -0.493 e. The topological polar surface area (TPSA) is 47.6 Å². The Morgan fingerprint density at radius 2 is 1.88 bits per heavy atom. The zero-order chi connectivity index (χ0) is 18.7. The summed E-state index contributed by atoms with van der Waals surface area (Å²) in [6.45, 7) is 4.04. The predicted octanol–water partition coefficient (Wildman–Crippen LogP) is 4.65. The molecule has 0 saturated heterocycles. The molecule has 3 aromatic rings. The van der Waals surface area contributed by atoms with E-state index in [1.807, 2.05) is 25.1 Å². The number of benzene rings is 2. The number of carbonyl (C=O) groups is 1. The smallest absolute Gasteiger partial charge is 0.224 e. The highest BCUT2D eigenvalue weighted by Gasteiger charge is 2.14. The number of amides is 1. The molecule has 0 fully saturated rings. The van der Waals surface area contributed by atoms with E-state index in [0.717, 1.165) is 11.1 Å². The molecule has 1 N–H and O–H groups in total. The number of hydrogen-bond acceptors (Lipinski definition) is 4. The Morgan fingerprint density at radius 1 is 1.12 bits per heavy atom. The van der Waals surface area contributed by atoms with Gasteiger partial charge in [0, 0.05) is 4.70 Å². The van der Waals surface area contributed by atoms with E-state index in [4.69, 9.17) is 9.47 Å². The highest BCUT2D eigenvalue weighted by Crippen LogP contribution is 2.30. The van der Waals surface area contributed by atoms with Crippen molar-refractivity contribution in [2.75, 3.05) is 14.2 Å². The van der Waals surface area contributed by atoms with E-state index < -0.39 is 0 Å². The number of carbonyl (C=O) groups excluding carboxylic acids is 1. The van der Waals surface area contributed by atoms with E-state index in [-0.39, 0.29) is 11.9 Å². The average Bonchev–Trinajstić information content (AvgIpc) is 3.02. The van der Waals surface area contributed by atoms with Gasteiger partial charge < -0.3 is 14.8 Å². The van der Waals surface area contributed by atoms with Crippen molar-refractivity contribution >= 4 is 27.3 Å². The van der Waals surface area contributed by atoms with Gasteiger partial charge in [-0.25, -0.2) is 0 Å². The molecule has 2 aromatic carbocycles. The summed E-state index contributed by atoms with van der Waals surface area (Å²) in [5, 5.41) is 6.32. The van der Waals surface area contributed by atoms with Crippen LogP contribution in [0.4, 0.5) is 0 Å². The van der Waals surface area contributed by atoms with Crippen LogP contribution in [0.3, 0.4) is 0 Å². The molecule has 1 heterocycles. The number of nitrogens with one attached hydrogen (secondary N) is 1. The normalized spacial score (nSPS) is 12.0. The predicted molar refractivity (Wildman–Crippen MR) is 106 cm³/mol. The first-order valence-corrected chi connectivity index (χ1v) is 9.37. The molecule has 26 heavy (non-hydrogen) atoms. The molecule has 0 saturated carbocycles. The zero-order valence-electron chi connectivity index (χ0n) is 15.5. The number of rotatable bonds is 6. The van der Waals surface area contributed by atoms with Crippen LogP contribution in [0, 0.1) is 6.92 Å². The van der Waals surface area contributed by atoms with Crippen molar-refractivity contribution in [2.45, 2.75) is 26.3 Å². The van der Waals surface area contributed by atoms with Crippen LogP contribution >= 0.6 is 11.3 Å². The fourth-order valence-corrected chi connectivity index (χ4v) is 3.95. The van der Waals surface area contributed by atoms with Crippen molar-refractivity contribution < 1.29 is 14.3 Å². The van der Waals surface area contributed by atoms with Gasteiger partial charge in [-0.15, -0.1) is 11.3 Å². The van der Waals surface area contributed by atoms with Crippen LogP contribution in [-0.2, 0) is 11.2 Å². The Morgan fingerprint density at radius 3 is 2.62 bits per heavy atom. The highest BCUT2D eigenvalue weighted by molar-refractivity contribution is 7.17. The SMILES string of the molecule is COc1ccc(C(C)NC(=O)Cc2csc3ccc(C)cc23)cc1OC. The van der Waals surface area contributed by atoms with Crippen molar-refractivity contribution in [3.05, 3.63) is 58.5 Å². The fourth-order valence-electron chi connectivity index (χ4n) is 3.00. The van der Waals surface area contributed by atoms with Crippen LogP contribution in [0.1, 0.15) is 29.7 Å². The van der Waals surface area contributed by atoms with Gasteiger partial charge in [0.15, 0.2) is 11.5 Å². The van der Waals surface area contributed by atoms with Crippen LogP contribution in [0.15, 0.2) is 41.8 Å². The van der Waals surface area contributed by atoms with Crippen LogP contribution in [0.5, 0.6) is 11.5 Å². The van der Waals surface area contributed by atoms with Gasteiger partial charge in [0.2, 0.25) is 5.91 Å². The molecule has 1 unspecified atom stereocenters. The van der Waals surface area contributed by atoms with Crippen molar-refractivity contribution in [2.24, 2.45) is 0 Å². The molecular formula is C21H23NO3S. The summed E-state index contributed by atoms with van der Waals surface area (Å²) >= 11 is 1.68. The van der Waals surface area contributed by atoms with Gasteiger partial charge in [-0.05, 0) is 53.9 Å². The van der Waals surface area contributed by atoms with E-state index in [1.54, 1.807) is 25.6 Å². The van der Waals surface area contributed by atoms with Gasteiger partial charge in [-0.2, -0.15) is 0 Å². The monoisotopic (exact) mass is 369 g/mol. The molecule has 5 heteroatoms. The molecule has 1 amide bonds. The van der Waals surface area contributed by atoms with E-state index in [1.165, 1.54) is 15.6 Å². The summed E-state index contributed by atoms with van der Waals surface area (Å²) in [5.74, 6) is 1.34. The van der Waals surface area contributed by atoms with Crippen LogP contribution < -0.4 is 14.8 Å². The van der Waals surface area contributed by atoms with Crippen molar-refractivity contribution in [3.63, 3.8) is 0 Å². The lowest BCUT2D eigenvalue weighted by molar-refractivity contribution is -0.121. The Hall–Kier alpha value is -2.53. The van der Waals surface area contributed by atoms with E-state index in [0.29, 0.717) is 17.9 Å². The summed E-state index contributed by atoms with van der Waals surface area (Å²) in [5.41, 5.74) is 3.25. The Bertz CT molecular complexity index is 932. The summed E-state index contributed by atoms with van der Waals surface area (Å²) in [7, 11) is 3.21. The number of ether oxygens (including phenoxy) is 2. The summed E-state index contributed by atoms with van der Waals surface area (Å²) < 4.78 is 11.8. The summed E-state index contributed by atoms with van der Waals surface area (Å²) in [6.07, 6.45) is 0.376. The number of thiophene rings is 1. The quantitative estimate of drug-likeness (QED) is 0.688. The molecule has 1 atom stereocenters. The molecule has 3 rings (SSSR count). The minimum absolute atomic E-state index is 0.00786. The van der Waals surface area contributed by atoms with Crippen LogP contribution in [0.2, 0.25) is 0 Å². The largest absolute Gasteiger partial charge is 0.493 e. The minimum atomic E-state index is -0.117. The molecule has 0 radical (unpaired) electrons. The molecule has 4 nitrogen and oxygen atoms in total. The molecule has 0 bridgehead atoms. The fraction of sp³-hybridized carbons (Fsp3) is 0.286. The van der Waals surface area contributed by atoms with Gasteiger partial charge in [0.1, 0.15) is 0 Å². The average molecular weight is 369 g/mol.